The normalized spacial score (nSPS) is 23.2. The fourth-order valence-electron chi connectivity index (χ4n) is 2.10. The highest BCUT2D eigenvalue weighted by atomic mass is 16.6. The van der Waals surface area contributed by atoms with Gasteiger partial charge < -0.3 is 15.2 Å². The highest BCUT2D eigenvalue weighted by Gasteiger charge is 2.21. The van der Waals surface area contributed by atoms with Crippen LogP contribution in [0.4, 0.5) is 0 Å². The van der Waals surface area contributed by atoms with E-state index in [1.54, 1.807) is 0 Å². The van der Waals surface area contributed by atoms with Gasteiger partial charge in [-0.05, 0) is 6.42 Å². The Hall–Kier alpha value is -0.120. The summed E-state index contributed by atoms with van der Waals surface area (Å²) in [6.45, 7) is 4.35. The van der Waals surface area contributed by atoms with Gasteiger partial charge >= 0.3 is 0 Å². The maximum Gasteiger partial charge on any atom is 0.0959 e. The first-order valence-corrected chi connectivity index (χ1v) is 6.79. The lowest BCUT2D eigenvalue weighted by atomic mass is 10.0. The minimum absolute atomic E-state index is 0.129. The summed E-state index contributed by atoms with van der Waals surface area (Å²) in [6.07, 6.45) is 9.13. The van der Waals surface area contributed by atoms with Crippen LogP contribution < -0.4 is 5.73 Å². The molecule has 0 aromatic heterocycles. The molecule has 1 saturated heterocycles. The van der Waals surface area contributed by atoms with Crippen molar-refractivity contribution in [2.24, 2.45) is 5.73 Å². The molecule has 1 heterocycles. The van der Waals surface area contributed by atoms with Gasteiger partial charge in [-0.15, -0.1) is 0 Å². The van der Waals surface area contributed by atoms with Gasteiger partial charge in [0.2, 0.25) is 0 Å². The maximum atomic E-state index is 6.08. The molecule has 1 aliphatic heterocycles. The van der Waals surface area contributed by atoms with Gasteiger partial charge in [0.1, 0.15) is 0 Å². The lowest BCUT2D eigenvalue weighted by Gasteiger charge is -2.27. The Morgan fingerprint density at radius 2 is 1.88 bits per heavy atom. The summed E-state index contributed by atoms with van der Waals surface area (Å²) in [4.78, 5) is 0. The van der Waals surface area contributed by atoms with Gasteiger partial charge in [-0.1, -0.05) is 45.4 Å². The number of rotatable bonds is 8. The van der Waals surface area contributed by atoms with Crippen molar-refractivity contribution in [2.75, 3.05) is 19.8 Å². The predicted molar refractivity (Wildman–Crippen MR) is 66.5 cm³/mol. The smallest absolute Gasteiger partial charge is 0.0959 e. The highest BCUT2D eigenvalue weighted by molar-refractivity contribution is 4.75. The van der Waals surface area contributed by atoms with Crippen LogP contribution in [0.3, 0.4) is 0 Å². The summed E-state index contributed by atoms with van der Waals surface area (Å²) in [5, 5.41) is 0. The SMILES string of the molecule is CCCCCCCCC(N)C1COCCO1. The van der Waals surface area contributed by atoms with Gasteiger partial charge in [-0.3, -0.25) is 0 Å². The molecule has 3 nitrogen and oxygen atoms in total. The van der Waals surface area contributed by atoms with E-state index in [0.29, 0.717) is 13.2 Å². The van der Waals surface area contributed by atoms with Crippen LogP contribution in [0.5, 0.6) is 0 Å². The molecule has 16 heavy (non-hydrogen) atoms. The number of ether oxygens (including phenoxy) is 2. The summed E-state index contributed by atoms with van der Waals surface area (Å²) >= 11 is 0. The monoisotopic (exact) mass is 229 g/mol. The molecule has 0 amide bonds. The molecule has 1 fully saturated rings. The van der Waals surface area contributed by atoms with E-state index in [0.717, 1.165) is 13.0 Å². The van der Waals surface area contributed by atoms with Gasteiger partial charge in [0, 0.05) is 6.04 Å². The minimum atomic E-state index is 0.129. The molecule has 0 radical (unpaired) electrons. The fourth-order valence-corrected chi connectivity index (χ4v) is 2.10. The molecular formula is C13H27NO2. The molecule has 2 atom stereocenters. The van der Waals surface area contributed by atoms with Crippen LogP contribution in [-0.4, -0.2) is 32.0 Å². The van der Waals surface area contributed by atoms with E-state index in [4.69, 9.17) is 15.2 Å². The van der Waals surface area contributed by atoms with Crippen molar-refractivity contribution in [2.45, 2.75) is 64.0 Å². The third kappa shape index (κ3) is 5.83. The summed E-state index contributed by atoms with van der Waals surface area (Å²) in [7, 11) is 0. The van der Waals surface area contributed by atoms with Gasteiger partial charge in [-0.2, -0.15) is 0 Å². The molecule has 0 saturated carbocycles. The number of unbranched alkanes of at least 4 members (excludes halogenated alkanes) is 5. The van der Waals surface area contributed by atoms with E-state index in [2.05, 4.69) is 6.92 Å². The second-order valence-corrected chi connectivity index (χ2v) is 4.70. The Kier molecular flexibility index (Phi) is 7.81. The van der Waals surface area contributed by atoms with Crippen LogP contribution in [0.1, 0.15) is 51.9 Å². The topological polar surface area (TPSA) is 44.5 Å². The first-order chi connectivity index (χ1) is 7.84. The van der Waals surface area contributed by atoms with E-state index in [1.807, 2.05) is 0 Å². The van der Waals surface area contributed by atoms with E-state index in [1.165, 1.54) is 38.5 Å². The molecular weight excluding hydrogens is 202 g/mol. The highest BCUT2D eigenvalue weighted by Crippen LogP contribution is 2.12. The van der Waals surface area contributed by atoms with Crippen molar-refractivity contribution in [3.63, 3.8) is 0 Å². The van der Waals surface area contributed by atoms with Crippen LogP contribution in [0.15, 0.2) is 0 Å². The fraction of sp³-hybridized carbons (Fsp3) is 1.00. The molecule has 0 bridgehead atoms. The zero-order valence-corrected chi connectivity index (χ0v) is 10.6. The molecule has 1 rings (SSSR count). The second kappa shape index (κ2) is 8.97. The van der Waals surface area contributed by atoms with Crippen LogP contribution in [0.2, 0.25) is 0 Å². The Morgan fingerprint density at radius 3 is 2.56 bits per heavy atom. The van der Waals surface area contributed by atoms with Crippen LogP contribution in [-0.2, 0) is 9.47 Å². The lowest BCUT2D eigenvalue weighted by Crippen LogP contribution is -2.43. The number of hydrogen-bond donors (Lipinski definition) is 1. The van der Waals surface area contributed by atoms with Crippen molar-refractivity contribution in [1.29, 1.82) is 0 Å². The van der Waals surface area contributed by atoms with Gasteiger partial charge in [0.05, 0.1) is 25.9 Å². The minimum Gasteiger partial charge on any atom is -0.376 e. The van der Waals surface area contributed by atoms with Gasteiger partial charge in [-0.25, -0.2) is 0 Å². The van der Waals surface area contributed by atoms with Crippen LogP contribution in [0.25, 0.3) is 0 Å². The molecule has 0 aromatic rings. The standard InChI is InChI=1S/C13H27NO2/c1-2-3-4-5-6-7-8-12(14)13-11-15-9-10-16-13/h12-13H,2-11,14H2,1H3. The van der Waals surface area contributed by atoms with E-state index >= 15 is 0 Å². The number of hydrogen-bond acceptors (Lipinski definition) is 3. The second-order valence-electron chi connectivity index (χ2n) is 4.70. The molecule has 1 aliphatic rings. The molecule has 2 unspecified atom stereocenters. The van der Waals surface area contributed by atoms with Crippen LogP contribution >= 0.6 is 0 Å². The Labute approximate surface area is 99.7 Å². The molecule has 0 aromatic carbocycles. The van der Waals surface area contributed by atoms with E-state index < -0.39 is 0 Å². The summed E-state index contributed by atoms with van der Waals surface area (Å²) in [5.41, 5.74) is 6.08. The predicted octanol–water partition coefficient (Wildman–Crippen LogP) is 2.48. The summed E-state index contributed by atoms with van der Waals surface area (Å²) in [6, 6.07) is 0.159. The van der Waals surface area contributed by atoms with Crippen molar-refractivity contribution in [3.8, 4) is 0 Å². The average molecular weight is 229 g/mol. The third-order valence-corrected chi connectivity index (χ3v) is 3.21. The Balaban J connectivity index is 1.94. The zero-order valence-electron chi connectivity index (χ0n) is 10.6. The van der Waals surface area contributed by atoms with Crippen molar-refractivity contribution in [3.05, 3.63) is 0 Å². The lowest BCUT2D eigenvalue weighted by molar-refractivity contribution is -0.0978. The van der Waals surface area contributed by atoms with Crippen molar-refractivity contribution >= 4 is 0 Å². The zero-order chi connectivity index (χ0) is 11.6. The summed E-state index contributed by atoms with van der Waals surface area (Å²) in [5.74, 6) is 0. The summed E-state index contributed by atoms with van der Waals surface area (Å²) < 4.78 is 10.9. The molecule has 0 aliphatic carbocycles. The van der Waals surface area contributed by atoms with E-state index in [-0.39, 0.29) is 12.1 Å². The quantitative estimate of drug-likeness (QED) is 0.650. The van der Waals surface area contributed by atoms with Crippen LogP contribution in [0, 0.1) is 0 Å². The van der Waals surface area contributed by atoms with Gasteiger partial charge in [0.15, 0.2) is 0 Å². The molecule has 2 N–H and O–H groups in total. The molecule has 0 spiro atoms. The molecule has 3 heteroatoms. The largest absolute Gasteiger partial charge is 0.376 e. The average Bonchev–Trinajstić information content (AvgIpc) is 2.34. The number of nitrogens with two attached hydrogens (primary N) is 1. The first kappa shape index (κ1) is 13.9. The first-order valence-electron chi connectivity index (χ1n) is 6.79. The molecule has 96 valence electrons. The Bertz CT molecular complexity index is 158. The third-order valence-electron chi connectivity index (χ3n) is 3.21. The Morgan fingerprint density at radius 1 is 1.12 bits per heavy atom. The van der Waals surface area contributed by atoms with Gasteiger partial charge in [0.25, 0.3) is 0 Å². The van der Waals surface area contributed by atoms with Crippen molar-refractivity contribution in [1.82, 2.24) is 0 Å². The maximum absolute atomic E-state index is 6.08. The van der Waals surface area contributed by atoms with Crippen molar-refractivity contribution < 1.29 is 9.47 Å². The van der Waals surface area contributed by atoms with E-state index in [9.17, 15) is 0 Å².